The largest absolute Gasteiger partial charge is 0.573 e. The number of alkyl halides is 3. The molecule has 0 atom stereocenters. The number of carbonyl (C=O) groups is 1. The third-order valence-corrected chi connectivity index (χ3v) is 3.68. The fourth-order valence-corrected chi connectivity index (χ4v) is 2.43. The molecule has 2 aromatic heterocycles. The smallest absolute Gasteiger partial charge is 0.444 e. The molecule has 0 saturated carbocycles. The minimum atomic E-state index is -4.74. The summed E-state index contributed by atoms with van der Waals surface area (Å²) in [4.78, 5) is 20.0. The van der Waals surface area contributed by atoms with Gasteiger partial charge >= 0.3 is 12.5 Å². The third-order valence-electron chi connectivity index (χ3n) is 3.68. The first-order valence-electron chi connectivity index (χ1n) is 9.39. The zero-order chi connectivity index (χ0) is 23.4. The van der Waals surface area contributed by atoms with Crippen LogP contribution in [-0.4, -0.2) is 37.8 Å². The van der Waals surface area contributed by atoms with Crippen LogP contribution in [0, 0.1) is 0 Å². The molecule has 0 radical (unpaired) electrons. The summed E-state index contributed by atoms with van der Waals surface area (Å²) >= 11 is 0. The highest BCUT2D eigenvalue weighted by atomic mass is 19.4. The lowest BCUT2D eigenvalue weighted by atomic mass is 10.2. The van der Waals surface area contributed by atoms with Crippen molar-refractivity contribution in [1.29, 1.82) is 0 Å². The first kappa shape index (κ1) is 22.8. The number of pyridine rings is 1. The molecule has 0 saturated heterocycles. The van der Waals surface area contributed by atoms with Crippen LogP contribution in [0.4, 0.5) is 23.8 Å². The zero-order valence-corrected chi connectivity index (χ0v) is 17.4. The van der Waals surface area contributed by atoms with E-state index in [4.69, 9.17) is 4.74 Å². The summed E-state index contributed by atoms with van der Waals surface area (Å²) < 4.78 is 47.2. The summed E-state index contributed by atoms with van der Waals surface area (Å²) in [5.74, 6) is 0.409. The van der Waals surface area contributed by atoms with Crippen molar-refractivity contribution in [2.75, 3.05) is 5.32 Å². The van der Waals surface area contributed by atoms with E-state index in [0.29, 0.717) is 17.3 Å². The lowest BCUT2D eigenvalue weighted by molar-refractivity contribution is -0.274. The van der Waals surface area contributed by atoms with E-state index in [0.717, 1.165) is 5.56 Å². The fourth-order valence-electron chi connectivity index (χ4n) is 2.43. The average molecular weight is 447 g/mol. The number of anilines is 1. The molecule has 11 heteroatoms. The van der Waals surface area contributed by atoms with E-state index in [1.165, 1.54) is 35.3 Å². The Balaban J connectivity index is 1.60. The molecule has 8 nitrogen and oxygen atoms in total. The van der Waals surface area contributed by atoms with E-state index in [2.05, 4.69) is 25.1 Å². The van der Waals surface area contributed by atoms with Crippen LogP contribution in [0.5, 0.6) is 5.75 Å². The van der Waals surface area contributed by atoms with Crippen LogP contribution in [0.25, 0.3) is 17.8 Å². The Morgan fingerprint density at radius 2 is 1.75 bits per heavy atom. The summed E-state index contributed by atoms with van der Waals surface area (Å²) in [6, 6.07) is 8.62. The number of carbonyl (C=O) groups excluding carboxylic acids is 1. The van der Waals surface area contributed by atoms with Crippen LogP contribution in [-0.2, 0) is 4.74 Å². The van der Waals surface area contributed by atoms with Gasteiger partial charge in [-0.15, -0.1) is 18.3 Å². The maximum atomic E-state index is 12.2. The molecule has 168 valence electrons. The van der Waals surface area contributed by atoms with E-state index in [9.17, 15) is 18.0 Å². The molecule has 0 aliphatic carbocycles. The molecule has 0 aliphatic heterocycles. The number of amides is 1. The Bertz CT molecular complexity index is 1090. The molecule has 1 N–H and O–H groups in total. The predicted molar refractivity (Wildman–Crippen MR) is 111 cm³/mol. The molecule has 3 rings (SSSR count). The third kappa shape index (κ3) is 7.11. The molecular formula is C21H20F3N5O3. The second-order valence-corrected chi connectivity index (χ2v) is 7.53. The van der Waals surface area contributed by atoms with Gasteiger partial charge in [0.05, 0.1) is 5.69 Å². The van der Waals surface area contributed by atoms with Gasteiger partial charge in [-0.1, -0.05) is 0 Å². The van der Waals surface area contributed by atoms with Gasteiger partial charge in [0.2, 0.25) is 0 Å². The highest BCUT2D eigenvalue weighted by molar-refractivity contribution is 5.83. The molecule has 2 heterocycles. The molecular weight excluding hydrogens is 427 g/mol. The lowest BCUT2D eigenvalue weighted by Crippen LogP contribution is -2.27. The second-order valence-electron chi connectivity index (χ2n) is 7.53. The molecule has 0 aliphatic rings. The van der Waals surface area contributed by atoms with Crippen molar-refractivity contribution in [2.45, 2.75) is 32.7 Å². The van der Waals surface area contributed by atoms with Gasteiger partial charge in [-0.2, -0.15) is 0 Å². The van der Waals surface area contributed by atoms with Crippen LogP contribution in [0.2, 0.25) is 0 Å². The highest BCUT2D eigenvalue weighted by Crippen LogP contribution is 2.23. The molecule has 0 bridgehead atoms. The van der Waals surface area contributed by atoms with Crippen molar-refractivity contribution in [3.05, 3.63) is 60.3 Å². The van der Waals surface area contributed by atoms with Crippen molar-refractivity contribution in [2.24, 2.45) is 0 Å². The Hall–Kier alpha value is -3.89. The van der Waals surface area contributed by atoms with Gasteiger partial charge in [0.1, 0.15) is 23.5 Å². The van der Waals surface area contributed by atoms with Crippen LogP contribution in [0.3, 0.4) is 0 Å². The molecule has 0 spiro atoms. The maximum Gasteiger partial charge on any atom is 0.573 e. The van der Waals surface area contributed by atoms with Crippen LogP contribution in [0.15, 0.2) is 48.9 Å². The first-order valence-corrected chi connectivity index (χ1v) is 9.39. The van der Waals surface area contributed by atoms with Crippen molar-refractivity contribution in [3.63, 3.8) is 0 Å². The highest BCUT2D eigenvalue weighted by Gasteiger charge is 2.31. The van der Waals surface area contributed by atoms with E-state index < -0.39 is 18.1 Å². The van der Waals surface area contributed by atoms with Gasteiger partial charge in [0.25, 0.3) is 0 Å². The molecule has 3 aromatic rings. The number of nitrogens with one attached hydrogen (secondary N) is 1. The standard InChI is InChI=1S/C21H20F3N5O3/c1-20(2,3)32-19(30)27-17-10-4-14(12-25-17)5-11-18-26-13-29(28-18)15-6-8-16(9-7-15)31-21(22,23)24/h4-13H,1-3H3,(H,25,27,30)/b11-5+. The van der Waals surface area contributed by atoms with Crippen molar-refractivity contribution < 1.29 is 27.4 Å². The number of benzene rings is 1. The van der Waals surface area contributed by atoms with Crippen LogP contribution in [0.1, 0.15) is 32.2 Å². The number of halogens is 3. The van der Waals surface area contributed by atoms with Gasteiger partial charge in [-0.05, 0) is 74.9 Å². The van der Waals surface area contributed by atoms with Gasteiger partial charge < -0.3 is 9.47 Å². The van der Waals surface area contributed by atoms with E-state index in [-0.39, 0.29) is 5.75 Å². The summed E-state index contributed by atoms with van der Waals surface area (Å²) in [7, 11) is 0. The van der Waals surface area contributed by atoms with E-state index in [1.54, 1.807) is 51.3 Å². The topological polar surface area (TPSA) is 91.2 Å². The first-order chi connectivity index (χ1) is 15.0. The summed E-state index contributed by atoms with van der Waals surface area (Å²) in [5.41, 5.74) is 0.651. The molecule has 1 amide bonds. The maximum absolute atomic E-state index is 12.2. The van der Waals surface area contributed by atoms with Crippen LogP contribution < -0.4 is 10.1 Å². The Kier molecular flexibility index (Phi) is 6.47. The quantitative estimate of drug-likeness (QED) is 0.587. The Morgan fingerprint density at radius 3 is 2.34 bits per heavy atom. The number of aromatic nitrogens is 4. The van der Waals surface area contributed by atoms with Gasteiger partial charge in [-0.3, -0.25) is 5.32 Å². The summed E-state index contributed by atoms with van der Waals surface area (Å²) in [6.07, 6.45) is 1.03. The predicted octanol–water partition coefficient (Wildman–Crippen LogP) is 5.08. The minimum Gasteiger partial charge on any atom is -0.444 e. The lowest BCUT2D eigenvalue weighted by Gasteiger charge is -2.19. The van der Waals surface area contributed by atoms with Gasteiger partial charge in [0.15, 0.2) is 5.82 Å². The van der Waals surface area contributed by atoms with E-state index in [1.807, 2.05) is 0 Å². The van der Waals surface area contributed by atoms with Crippen molar-refractivity contribution in [1.82, 2.24) is 19.7 Å². The second kappa shape index (κ2) is 9.08. The normalized spacial score (nSPS) is 12.1. The average Bonchev–Trinajstić information content (AvgIpc) is 3.14. The monoisotopic (exact) mass is 447 g/mol. The number of rotatable bonds is 5. The number of nitrogens with zero attached hydrogens (tertiary/aromatic N) is 4. The molecule has 1 aromatic carbocycles. The fraction of sp³-hybridized carbons (Fsp3) is 0.238. The summed E-state index contributed by atoms with van der Waals surface area (Å²) in [6.45, 7) is 5.29. The molecule has 0 unspecified atom stereocenters. The van der Waals surface area contributed by atoms with Crippen molar-refractivity contribution >= 4 is 24.1 Å². The van der Waals surface area contributed by atoms with Crippen LogP contribution >= 0.6 is 0 Å². The molecule has 32 heavy (non-hydrogen) atoms. The Morgan fingerprint density at radius 1 is 1.03 bits per heavy atom. The molecule has 0 fully saturated rings. The summed E-state index contributed by atoms with van der Waals surface area (Å²) in [5, 5.41) is 6.79. The van der Waals surface area contributed by atoms with Gasteiger partial charge in [0, 0.05) is 6.20 Å². The zero-order valence-electron chi connectivity index (χ0n) is 17.4. The van der Waals surface area contributed by atoms with Crippen molar-refractivity contribution in [3.8, 4) is 11.4 Å². The minimum absolute atomic E-state index is 0.321. The number of hydrogen-bond acceptors (Lipinski definition) is 6. The van der Waals surface area contributed by atoms with Gasteiger partial charge in [-0.25, -0.2) is 19.4 Å². The van der Waals surface area contributed by atoms with E-state index >= 15 is 0 Å². The number of hydrogen-bond donors (Lipinski definition) is 1. The number of ether oxygens (including phenoxy) is 2. The SMILES string of the molecule is CC(C)(C)OC(=O)Nc1ccc(/C=C/c2ncn(-c3ccc(OC(F)(F)F)cc3)n2)cn1. The Labute approximate surface area is 181 Å².